The fraction of sp³-hybridized carbons (Fsp3) is 0.769. The summed E-state index contributed by atoms with van der Waals surface area (Å²) in [6, 6.07) is -0.277. The smallest absolute Gasteiger partial charge is 0.305 e. The molecular weight excluding hydrogens is 267 g/mol. The summed E-state index contributed by atoms with van der Waals surface area (Å²) in [6.07, 6.45) is 2.22. The van der Waals surface area contributed by atoms with Crippen LogP contribution < -0.4 is 10.6 Å². The number of unbranched alkanes of at least 4 members (excludes halogenated alkanes) is 1. The Labute approximate surface area is 119 Å². The van der Waals surface area contributed by atoms with Gasteiger partial charge in [-0.15, -0.1) is 0 Å². The van der Waals surface area contributed by atoms with E-state index in [-0.39, 0.29) is 30.8 Å². The number of nitrogens with zero attached hydrogens (tertiary/aromatic N) is 1. The molecule has 20 heavy (non-hydrogen) atoms. The highest BCUT2D eigenvalue weighted by Crippen LogP contribution is 2.06. The summed E-state index contributed by atoms with van der Waals surface area (Å²) in [7, 11) is 3.63. The highest BCUT2D eigenvalue weighted by Gasteiger charge is 2.19. The summed E-state index contributed by atoms with van der Waals surface area (Å²) in [5.74, 6) is -1.14. The Hall–Kier alpha value is -1.63. The van der Waals surface area contributed by atoms with Crippen molar-refractivity contribution in [2.45, 2.75) is 38.6 Å². The van der Waals surface area contributed by atoms with Gasteiger partial charge in [0.25, 0.3) is 0 Å². The lowest BCUT2D eigenvalue weighted by atomic mass is 10.1. The van der Waals surface area contributed by atoms with Crippen LogP contribution >= 0.6 is 0 Å². The maximum absolute atomic E-state index is 11.9. The molecule has 0 aromatic heterocycles. The zero-order valence-corrected chi connectivity index (χ0v) is 12.4. The Bertz CT molecular complexity index is 332. The molecular formula is C13H25N3O4. The van der Waals surface area contributed by atoms with Crippen molar-refractivity contribution in [3.05, 3.63) is 0 Å². The Balaban J connectivity index is 3.99. The molecule has 0 aliphatic rings. The first-order valence-electron chi connectivity index (χ1n) is 6.75. The molecule has 0 bridgehead atoms. The Morgan fingerprint density at radius 3 is 2.25 bits per heavy atom. The minimum Gasteiger partial charge on any atom is -0.481 e. The van der Waals surface area contributed by atoms with Crippen molar-refractivity contribution in [2.75, 3.05) is 27.2 Å². The van der Waals surface area contributed by atoms with Crippen molar-refractivity contribution in [1.29, 1.82) is 0 Å². The first-order chi connectivity index (χ1) is 9.34. The van der Waals surface area contributed by atoms with Crippen LogP contribution in [0.5, 0.6) is 0 Å². The minimum absolute atomic E-state index is 0.0550. The number of carboxylic acid groups (broad SMARTS) is 1. The summed E-state index contributed by atoms with van der Waals surface area (Å²) in [5.41, 5.74) is 0. The highest BCUT2D eigenvalue weighted by atomic mass is 16.5. The number of rotatable bonds is 10. The second-order valence-corrected chi connectivity index (χ2v) is 4.89. The predicted molar refractivity (Wildman–Crippen MR) is 75.3 cm³/mol. The number of likely N-dealkylation sites (N-methyl/N-ethyl adjacent to an activating group) is 1. The minimum atomic E-state index is -0.929. The van der Waals surface area contributed by atoms with E-state index in [4.69, 9.17) is 5.11 Å². The number of aliphatic carboxylic acids is 1. The zero-order valence-electron chi connectivity index (χ0n) is 12.4. The van der Waals surface area contributed by atoms with Gasteiger partial charge >= 0.3 is 5.97 Å². The normalized spacial score (nSPS) is 12.0. The first-order valence-corrected chi connectivity index (χ1v) is 6.75. The van der Waals surface area contributed by atoms with Crippen LogP contribution in [0.4, 0.5) is 0 Å². The molecule has 0 aliphatic heterocycles. The van der Waals surface area contributed by atoms with E-state index in [9.17, 15) is 14.4 Å². The van der Waals surface area contributed by atoms with Crippen LogP contribution in [-0.4, -0.2) is 61.0 Å². The monoisotopic (exact) mass is 292 g/mol. The summed E-state index contributed by atoms with van der Waals surface area (Å²) >= 11 is 0. The average molecular weight is 292 g/mol. The number of nitrogens with one attached hydrogen (secondary N) is 2. The first kappa shape index (κ1) is 18.4. The molecule has 0 spiro atoms. The van der Waals surface area contributed by atoms with Crippen LogP contribution in [0.25, 0.3) is 0 Å². The largest absolute Gasteiger partial charge is 0.481 e. The van der Waals surface area contributed by atoms with Crippen LogP contribution in [0.3, 0.4) is 0 Å². The van der Waals surface area contributed by atoms with Gasteiger partial charge in [0, 0.05) is 20.0 Å². The molecule has 0 saturated heterocycles. The molecule has 1 unspecified atom stereocenters. The molecule has 0 aromatic rings. The average Bonchev–Trinajstić information content (AvgIpc) is 2.32. The number of amides is 2. The molecule has 0 heterocycles. The molecule has 0 saturated carbocycles. The van der Waals surface area contributed by atoms with Crippen LogP contribution in [0.15, 0.2) is 0 Å². The number of carbonyl (C=O) groups excluding carboxylic acids is 2. The number of hydrogen-bond acceptors (Lipinski definition) is 4. The standard InChI is InChI=1S/C13H25N3O4/c1-10(17)14-8-5-4-6-11(16(2)3)13(20)15-9-7-12(18)19/h11H,4-9H2,1-3H3,(H,14,17)(H,15,20)(H,18,19)/i2+1,7+1,9+1,12+1,16+1. The number of hydrogen-bond donors (Lipinski definition) is 3. The van der Waals surface area contributed by atoms with Crippen LogP contribution in [0.1, 0.15) is 32.6 Å². The molecule has 3 N–H and O–H groups in total. The van der Waals surface area contributed by atoms with Gasteiger partial charge in [-0.3, -0.25) is 19.3 Å². The quantitative estimate of drug-likeness (QED) is 0.294. The lowest BCUT2D eigenvalue weighted by Crippen LogP contribution is -2.44. The van der Waals surface area contributed by atoms with Gasteiger partial charge in [-0.25, -0.2) is 0 Å². The predicted octanol–water partition coefficient (Wildman–Crippen LogP) is -0.186. The Kier molecular flexibility index (Phi) is 9.36. The third-order valence-corrected chi connectivity index (χ3v) is 2.84. The van der Waals surface area contributed by atoms with Gasteiger partial charge in [0.05, 0.1) is 12.5 Å². The second-order valence-electron chi connectivity index (χ2n) is 4.89. The lowest BCUT2D eigenvalue weighted by Gasteiger charge is -2.23. The molecule has 116 valence electrons. The van der Waals surface area contributed by atoms with E-state index in [0.29, 0.717) is 13.0 Å². The molecule has 1 atom stereocenters. The van der Waals surface area contributed by atoms with E-state index in [1.807, 2.05) is 19.0 Å². The Morgan fingerprint density at radius 1 is 1.10 bits per heavy atom. The molecule has 0 aromatic carbocycles. The van der Waals surface area contributed by atoms with E-state index in [1.54, 1.807) is 0 Å². The van der Waals surface area contributed by atoms with Gasteiger partial charge < -0.3 is 15.7 Å². The van der Waals surface area contributed by atoms with Crippen molar-refractivity contribution in [2.24, 2.45) is 0 Å². The Morgan fingerprint density at radius 2 is 1.75 bits per heavy atom. The summed E-state index contributed by atoms with van der Waals surface area (Å²) in [5, 5.41) is 13.9. The van der Waals surface area contributed by atoms with Gasteiger partial charge in [-0.1, -0.05) is 0 Å². The van der Waals surface area contributed by atoms with Gasteiger partial charge in [0.1, 0.15) is 0 Å². The summed E-state index contributed by atoms with van der Waals surface area (Å²) < 4.78 is 0. The molecule has 0 rings (SSSR count). The topological polar surface area (TPSA) is 98.7 Å². The lowest BCUT2D eigenvalue weighted by molar-refractivity contribution is -0.137. The van der Waals surface area contributed by atoms with E-state index in [0.717, 1.165) is 12.8 Å². The van der Waals surface area contributed by atoms with Crippen molar-refractivity contribution in [1.82, 2.24) is 15.5 Å². The highest BCUT2D eigenvalue weighted by molar-refractivity contribution is 5.82. The zero-order chi connectivity index (χ0) is 15.5. The fourth-order valence-electron chi connectivity index (χ4n) is 1.76. The number of carbonyl (C=O) groups is 3. The maximum Gasteiger partial charge on any atom is 0.305 e. The van der Waals surface area contributed by atoms with Crippen LogP contribution in [0.2, 0.25) is 0 Å². The van der Waals surface area contributed by atoms with Crippen molar-refractivity contribution < 1.29 is 19.5 Å². The summed E-state index contributed by atoms with van der Waals surface area (Å²) in [6.45, 7) is 2.22. The van der Waals surface area contributed by atoms with Gasteiger partial charge in [0.2, 0.25) is 11.8 Å². The molecule has 0 aliphatic carbocycles. The molecule has 7 heteroatoms. The van der Waals surface area contributed by atoms with Gasteiger partial charge in [-0.2, -0.15) is 0 Å². The van der Waals surface area contributed by atoms with Gasteiger partial charge in [-0.05, 0) is 33.4 Å². The van der Waals surface area contributed by atoms with Gasteiger partial charge in [0.15, 0.2) is 0 Å². The van der Waals surface area contributed by atoms with Crippen molar-refractivity contribution in [3.63, 3.8) is 0 Å². The molecule has 0 radical (unpaired) electrons. The second kappa shape index (κ2) is 10.2. The van der Waals surface area contributed by atoms with Crippen LogP contribution in [-0.2, 0) is 14.4 Å². The summed E-state index contributed by atoms with van der Waals surface area (Å²) in [4.78, 5) is 34.8. The SMILES string of the molecule is CC(=O)NCCCCC(C(=O)N[13CH2][13CH2][13C](=O)O)[15N](C)[13CH3]. The van der Waals surface area contributed by atoms with E-state index in [1.165, 1.54) is 6.92 Å². The van der Waals surface area contributed by atoms with E-state index < -0.39 is 5.97 Å². The molecule has 7 nitrogen and oxygen atoms in total. The molecule has 2 amide bonds. The maximum atomic E-state index is 11.9. The number of carboxylic acids is 1. The van der Waals surface area contributed by atoms with Crippen molar-refractivity contribution >= 4 is 17.8 Å². The van der Waals surface area contributed by atoms with Crippen molar-refractivity contribution in [3.8, 4) is 0 Å². The third kappa shape index (κ3) is 9.32. The molecule has 0 fully saturated rings. The van der Waals surface area contributed by atoms with E-state index in [2.05, 4.69) is 10.6 Å². The van der Waals surface area contributed by atoms with Crippen LogP contribution in [0, 0.1) is 0 Å². The third-order valence-electron chi connectivity index (χ3n) is 2.84. The fourth-order valence-corrected chi connectivity index (χ4v) is 1.76. The van der Waals surface area contributed by atoms with E-state index >= 15 is 0 Å².